The van der Waals surface area contributed by atoms with Gasteiger partial charge >= 0.3 is 0 Å². The fourth-order valence-corrected chi connectivity index (χ4v) is 1.51. The van der Waals surface area contributed by atoms with Crippen LogP contribution in [0.1, 0.15) is 23.4 Å². The van der Waals surface area contributed by atoms with E-state index in [1.807, 2.05) is 6.92 Å². The number of oxazole rings is 1. The van der Waals surface area contributed by atoms with Gasteiger partial charge in [-0.2, -0.15) is 0 Å². The molecule has 0 bridgehead atoms. The highest BCUT2D eigenvalue weighted by Crippen LogP contribution is 2.21. The largest absolute Gasteiger partial charge is 0.446 e. The van der Waals surface area contributed by atoms with Crippen LogP contribution < -0.4 is 5.32 Å². The summed E-state index contributed by atoms with van der Waals surface area (Å²) in [5, 5.41) is 2.72. The third kappa shape index (κ3) is 1.63. The van der Waals surface area contributed by atoms with Gasteiger partial charge in [0.05, 0.1) is 0 Å². The van der Waals surface area contributed by atoms with Crippen LogP contribution in [0.5, 0.6) is 0 Å². The molecule has 1 aliphatic rings. The Hall–Kier alpha value is -1.36. The first kappa shape index (κ1) is 9.21. The van der Waals surface area contributed by atoms with Gasteiger partial charge in [-0.3, -0.25) is 4.79 Å². The lowest BCUT2D eigenvalue weighted by atomic mass is 10.2. The van der Waals surface area contributed by atoms with Crippen molar-refractivity contribution >= 4 is 5.91 Å². The Labute approximate surface area is 81.5 Å². The smallest absolute Gasteiger partial charge is 0.246 e. The molecule has 1 aromatic heterocycles. The Morgan fingerprint density at radius 2 is 2.29 bits per heavy atom. The van der Waals surface area contributed by atoms with Crippen LogP contribution in [0.2, 0.25) is 0 Å². The third-order valence-electron chi connectivity index (χ3n) is 2.14. The second-order valence-electron chi connectivity index (χ2n) is 3.28. The minimum Gasteiger partial charge on any atom is -0.446 e. The molecule has 14 heavy (non-hydrogen) atoms. The number of morpholine rings is 1. The van der Waals surface area contributed by atoms with E-state index in [0.717, 1.165) is 11.5 Å². The second-order valence-corrected chi connectivity index (χ2v) is 3.28. The number of carbonyl (C=O) groups excluding carboxylic acids is 1. The Morgan fingerprint density at radius 3 is 2.79 bits per heavy atom. The van der Waals surface area contributed by atoms with Crippen LogP contribution in [0.15, 0.2) is 4.42 Å². The maximum Gasteiger partial charge on any atom is 0.246 e. The molecule has 5 nitrogen and oxygen atoms in total. The summed E-state index contributed by atoms with van der Waals surface area (Å²) in [6.07, 6.45) is -0.176. The van der Waals surface area contributed by atoms with Crippen molar-refractivity contribution in [1.82, 2.24) is 10.3 Å². The normalized spacial score (nSPS) is 22.1. The topological polar surface area (TPSA) is 64.4 Å². The van der Waals surface area contributed by atoms with Gasteiger partial charge in [-0.05, 0) is 6.92 Å². The zero-order chi connectivity index (χ0) is 10.1. The molecule has 0 aliphatic carbocycles. The Balaban J connectivity index is 2.15. The lowest BCUT2D eigenvalue weighted by Crippen LogP contribution is -2.39. The number of ether oxygens (including phenoxy) is 1. The van der Waals surface area contributed by atoms with E-state index in [0.29, 0.717) is 12.4 Å². The lowest BCUT2D eigenvalue weighted by Gasteiger charge is -2.21. The Kier molecular flexibility index (Phi) is 2.25. The molecule has 2 rings (SSSR count). The van der Waals surface area contributed by atoms with Gasteiger partial charge in [0.25, 0.3) is 0 Å². The van der Waals surface area contributed by atoms with E-state index in [9.17, 15) is 4.79 Å². The van der Waals surface area contributed by atoms with E-state index in [4.69, 9.17) is 9.15 Å². The average molecular weight is 196 g/mol. The minimum absolute atomic E-state index is 0.0841. The highest BCUT2D eigenvalue weighted by molar-refractivity contribution is 5.77. The number of hydrogen-bond acceptors (Lipinski definition) is 4. The van der Waals surface area contributed by atoms with Crippen LogP contribution in [0.3, 0.4) is 0 Å². The van der Waals surface area contributed by atoms with Gasteiger partial charge in [-0.25, -0.2) is 4.98 Å². The van der Waals surface area contributed by atoms with Crippen LogP contribution >= 0.6 is 0 Å². The minimum atomic E-state index is -0.176. The third-order valence-corrected chi connectivity index (χ3v) is 2.14. The molecule has 0 aromatic carbocycles. The highest BCUT2D eigenvalue weighted by atomic mass is 16.5. The van der Waals surface area contributed by atoms with Crippen LogP contribution in [0, 0.1) is 13.8 Å². The molecule has 1 unspecified atom stereocenters. The molecule has 0 radical (unpaired) electrons. The monoisotopic (exact) mass is 196 g/mol. The molecule has 1 N–H and O–H groups in total. The van der Waals surface area contributed by atoms with E-state index in [-0.39, 0.29) is 18.6 Å². The number of rotatable bonds is 1. The zero-order valence-corrected chi connectivity index (χ0v) is 8.16. The van der Waals surface area contributed by atoms with E-state index in [2.05, 4.69) is 10.3 Å². The molecule has 2 heterocycles. The van der Waals surface area contributed by atoms with E-state index in [1.54, 1.807) is 6.92 Å². The molecule has 1 fully saturated rings. The van der Waals surface area contributed by atoms with Crippen molar-refractivity contribution in [3.05, 3.63) is 17.3 Å². The van der Waals surface area contributed by atoms with Crippen molar-refractivity contribution in [2.45, 2.75) is 20.0 Å². The molecule has 76 valence electrons. The van der Waals surface area contributed by atoms with Gasteiger partial charge < -0.3 is 14.5 Å². The molecule has 0 spiro atoms. The number of aromatic nitrogens is 1. The lowest BCUT2D eigenvalue weighted by molar-refractivity contribution is -0.133. The van der Waals surface area contributed by atoms with Crippen molar-refractivity contribution < 1.29 is 13.9 Å². The number of nitrogens with one attached hydrogen (secondary N) is 1. The zero-order valence-electron chi connectivity index (χ0n) is 8.16. The predicted octanol–water partition coefficient (Wildman–Crippen LogP) is 0.479. The van der Waals surface area contributed by atoms with E-state index < -0.39 is 0 Å². The Bertz CT molecular complexity index is 349. The van der Waals surface area contributed by atoms with Gasteiger partial charge in [0, 0.05) is 13.5 Å². The number of aryl methyl sites for hydroxylation is 2. The molecule has 0 saturated carbocycles. The first-order valence-corrected chi connectivity index (χ1v) is 4.49. The van der Waals surface area contributed by atoms with Gasteiger partial charge in [0.15, 0.2) is 5.89 Å². The van der Waals surface area contributed by atoms with Crippen LogP contribution in [0.25, 0.3) is 0 Å². The summed E-state index contributed by atoms with van der Waals surface area (Å²) >= 11 is 0. The summed E-state index contributed by atoms with van der Waals surface area (Å²) in [4.78, 5) is 15.1. The summed E-state index contributed by atoms with van der Waals surface area (Å²) in [5.74, 6) is 1.29. The fraction of sp³-hybridized carbons (Fsp3) is 0.556. The number of nitrogens with zero attached hydrogens (tertiary/aromatic N) is 1. The summed E-state index contributed by atoms with van der Waals surface area (Å²) in [5.41, 5.74) is 0.780. The maximum absolute atomic E-state index is 10.9. The Morgan fingerprint density at radius 1 is 1.50 bits per heavy atom. The van der Waals surface area contributed by atoms with Gasteiger partial charge in [-0.15, -0.1) is 0 Å². The maximum atomic E-state index is 10.9. The van der Waals surface area contributed by atoms with Gasteiger partial charge in [0.1, 0.15) is 24.2 Å². The van der Waals surface area contributed by atoms with Gasteiger partial charge in [0.2, 0.25) is 5.91 Å². The molecular formula is C9H12N2O3. The molecule has 1 saturated heterocycles. The second kappa shape index (κ2) is 3.42. The van der Waals surface area contributed by atoms with Crippen molar-refractivity contribution in [2.75, 3.05) is 13.2 Å². The summed E-state index contributed by atoms with van der Waals surface area (Å²) < 4.78 is 10.6. The van der Waals surface area contributed by atoms with Crippen LogP contribution in [-0.4, -0.2) is 24.0 Å². The van der Waals surface area contributed by atoms with Crippen molar-refractivity contribution in [1.29, 1.82) is 0 Å². The van der Waals surface area contributed by atoms with Crippen molar-refractivity contribution in [3.63, 3.8) is 0 Å². The number of amides is 1. The molecule has 1 atom stereocenters. The van der Waals surface area contributed by atoms with E-state index >= 15 is 0 Å². The molecule has 5 heteroatoms. The van der Waals surface area contributed by atoms with Gasteiger partial charge in [-0.1, -0.05) is 0 Å². The highest BCUT2D eigenvalue weighted by Gasteiger charge is 2.24. The molecule has 1 amide bonds. The quantitative estimate of drug-likeness (QED) is 0.709. The fourth-order valence-electron chi connectivity index (χ4n) is 1.51. The average Bonchev–Trinajstić information content (AvgIpc) is 2.47. The summed E-state index contributed by atoms with van der Waals surface area (Å²) in [6, 6.07) is 0. The van der Waals surface area contributed by atoms with Crippen molar-refractivity contribution in [3.8, 4) is 0 Å². The molecular weight excluding hydrogens is 184 g/mol. The predicted molar refractivity (Wildman–Crippen MR) is 47.7 cm³/mol. The summed E-state index contributed by atoms with van der Waals surface area (Å²) in [7, 11) is 0. The SMILES string of the molecule is Cc1nc(C2CNC(=O)CO2)c(C)o1. The standard InChI is InChI=1S/C9H12N2O3/c1-5-9(11-6(2)14-5)7-3-10-8(12)4-13-7/h7H,3-4H2,1-2H3,(H,10,12). The number of carbonyl (C=O) groups is 1. The number of hydrogen-bond donors (Lipinski definition) is 1. The summed E-state index contributed by atoms with van der Waals surface area (Å²) in [6.45, 7) is 4.19. The van der Waals surface area contributed by atoms with Crippen LogP contribution in [-0.2, 0) is 9.53 Å². The first-order chi connectivity index (χ1) is 6.66. The van der Waals surface area contributed by atoms with Crippen LogP contribution in [0.4, 0.5) is 0 Å². The molecule has 1 aromatic rings. The first-order valence-electron chi connectivity index (χ1n) is 4.49. The van der Waals surface area contributed by atoms with E-state index in [1.165, 1.54) is 0 Å². The molecule has 1 aliphatic heterocycles. The van der Waals surface area contributed by atoms with Crippen molar-refractivity contribution in [2.24, 2.45) is 0 Å².